The van der Waals surface area contributed by atoms with Crippen molar-refractivity contribution in [2.75, 3.05) is 68.8 Å². The molecule has 0 radical (unpaired) electrons. The number of carbonyl (C=O) groups is 1. The largest absolute Gasteiger partial charge is 0.508 e. The summed E-state index contributed by atoms with van der Waals surface area (Å²) in [5, 5.41) is 10.6. The number of hydrogen-bond acceptors (Lipinski definition) is 8. The molecule has 41 heavy (non-hydrogen) atoms. The van der Waals surface area contributed by atoms with Gasteiger partial charge in [-0.2, -0.15) is 9.97 Å². The average molecular weight is 559 g/mol. The van der Waals surface area contributed by atoms with Crippen LogP contribution in [0.15, 0.2) is 49.6 Å². The van der Waals surface area contributed by atoms with Crippen molar-refractivity contribution in [3.63, 3.8) is 0 Å². The highest BCUT2D eigenvalue weighted by Gasteiger charge is 2.29. The van der Waals surface area contributed by atoms with Gasteiger partial charge in [0.25, 0.3) is 0 Å². The molecule has 2 saturated heterocycles. The molecule has 0 bridgehead atoms. The highest BCUT2D eigenvalue weighted by molar-refractivity contribution is 5.87. The SMILES string of the molecule is C=C/C=C\Cc1cc(O)cc(N2CCc3c(nc(OCCN4CCCC4)nc3N3CCN(C(=O)C=C)CC3)C2)c1C. The molecule has 1 aromatic heterocycles. The Labute approximate surface area is 243 Å². The van der Waals surface area contributed by atoms with Crippen molar-refractivity contribution >= 4 is 17.4 Å². The first-order valence-electron chi connectivity index (χ1n) is 14.7. The summed E-state index contributed by atoms with van der Waals surface area (Å²) in [6, 6.07) is 4.10. The topological polar surface area (TPSA) is 85.3 Å². The maximum atomic E-state index is 12.2. The predicted octanol–water partition coefficient (Wildman–Crippen LogP) is 3.65. The van der Waals surface area contributed by atoms with Gasteiger partial charge in [0.15, 0.2) is 0 Å². The smallest absolute Gasteiger partial charge is 0.318 e. The predicted molar refractivity (Wildman–Crippen MR) is 163 cm³/mol. The maximum absolute atomic E-state index is 12.2. The number of hydrogen-bond donors (Lipinski definition) is 1. The molecule has 218 valence electrons. The standard InChI is InChI=1S/C32H42N6O3/c1-4-6-7-10-25-21-26(39)22-29(24(25)3)38-14-11-27-28(23-38)33-32(41-20-19-35-12-8-9-13-35)34-31(27)37-17-15-36(16-18-37)30(40)5-2/h4-7,21-22,39H,1-2,8-20,23H2,3H3/b7-6-. The third kappa shape index (κ3) is 6.73. The van der Waals surface area contributed by atoms with Gasteiger partial charge in [-0.3, -0.25) is 9.69 Å². The number of anilines is 2. The van der Waals surface area contributed by atoms with Crippen LogP contribution < -0.4 is 14.5 Å². The molecule has 0 atom stereocenters. The van der Waals surface area contributed by atoms with E-state index in [4.69, 9.17) is 14.7 Å². The molecule has 9 heteroatoms. The van der Waals surface area contributed by atoms with Crippen molar-refractivity contribution in [2.45, 2.75) is 39.2 Å². The van der Waals surface area contributed by atoms with Crippen molar-refractivity contribution in [1.82, 2.24) is 19.8 Å². The van der Waals surface area contributed by atoms with E-state index in [2.05, 4.69) is 40.9 Å². The van der Waals surface area contributed by atoms with Crippen LogP contribution in [0, 0.1) is 6.92 Å². The van der Waals surface area contributed by atoms with E-state index in [9.17, 15) is 9.90 Å². The molecule has 0 spiro atoms. The summed E-state index contributed by atoms with van der Waals surface area (Å²) in [5.74, 6) is 1.15. The molecule has 4 heterocycles. The first kappa shape index (κ1) is 28.7. The Bertz CT molecular complexity index is 1290. The molecular formula is C32H42N6O3. The van der Waals surface area contributed by atoms with Crippen molar-refractivity contribution in [1.29, 1.82) is 0 Å². The Kier molecular flexibility index (Phi) is 9.24. The highest BCUT2D eigenvalue weighted by Crippen LogP contribution is 2.35. The Balaban J connectivity index is 1.40. The number of aromatic nitrogens is 2. The van der Waals surface area contributed by atoms with E-state index in [-0.39, 0.29) is 11.7 Å². The molecule has 2 aromatic rings. The molecule has 0 unspecified atom stereocenters. The summed E-state index contributed by atoms with van der Waals surface area (Å²) in [4.78, 5) is 30.8. The number of allylic oxidation sites excluding steroid dienone is 3. The van der Waals surface area contributed by atoms with E-state index in [1.807, 2.05) is 23.1 Å². The number of carbonyl (C=O) groups excluding carboxylic acids is 1. The first-order chi connectivity index (χ1) is 20.0. The summed E-state index contributed by atoms with van der Waals surface area (Å²) >= 11 is 0. The number of benzene rings is 1. The minimum atomic E-state index is -0.0308. The molecule has 5 rings (SSSR count). The van der Waals surface area contributed by atoms with Gasteiger partial charge in [-0.05, 0) is 69.0 Å². The fraction of sp³-hybridized carbons (Fsp3) is 0.469. The number of nitrogens with zero attached hydrogens (tertiary/aromatic N) is 6. The number of ether oxygens (including phenoxy) is 1. The Morgan fingerprint density at radius 2 is 1.83 bits per heavy atom. The van der Waals surface area contributed by atoms with E-state index in [0.717, 1.165) is 72.9 Å². The third-order valence-corrected chi connectivity index (χ3v) is 8.35. The zero-order chi connectivity index (χ0) is 28.8. The minimum absolute atomic E-state index is 0.0308. The van der Waals surface area contributed by atoms with Crippen LogP contribution in [0.4, 0.5) is 11.5 Å². The fourth-order valence-corrected chi connectivity index (χ4v) is 6.03. The monoisotopic (exact) mass is 558 g/mol. The average Bonchev–Trinajstić information content (AvgIpc) is 3.51. The molecule has 0 aliphatic carbocycles. The van der Waals surface area contributed by atoms with E-state index in [1.54, 1.807) is 6.08 Å². The number of amides is 1. The van der Waals surface area contributed by atoms with E-state index >= 15 is 0 Å². The number of piperazine rings is 1. The van der Waals surface area contributed by atoms with Crippen LogP contribution >= 0.6 is 0 Å². The molecule has 3 aliphatic rings. The minimum Gasteiger partial charge on any atom is -0.508 e. The number of aromatic hydroxyl groups is 1. The molecule has 1 aromatic carbocycles. The summed E-state index contributed by atoms with van der Waals surface area (Å²) < 4.78 is 6.16. The van der Waals surface area contributed by atoms with Gasteiger partial charge in [-0.1, -0.05) is 31.4 Å². The number of likely N-dealkylation sites (tertiary alicyclic amines) is 1. The molecular weight excluding hydrogens is 516 g/mol. The normalized spacial score (nSPS) is 17.6. The zero-order valence-corrected chi connectivity index (χ0v) is 24.2. The lowest BCUT2D eigenvalue weighted by atomic mass is 9.99. The van der Waals surface area contributed by atoms with Gasteiger partial charge >= 0.3 is 6.01 Å². The Hall–Kier alpha value is -3.85. The quantitative estimate of drug-likeness (QED) is 0.350. The number of rotatable bonds is 10. The van der Waals surface area contributed by atoms with Gasteiger partial charge in [0, 0.05) is 56.6 Å². The Morgan fingerprint density at radius 1 is 1.05 bits per heavy atom. The first-order valence-corrected chi connectivity index (χ1v) is 14.7. The van der Waals surface area contributed by atoms with Crippen LogP contribution in [0.25, 0.3) is 0 Å². The van der Waals surface area contributed by atoms with Gasteiger partial charge in [0.05, 0.1) is 12.2 Å². The molecule has 9 nitrogen and oxygen atoms in total. The Morgan fingerprint density at radius 3 is 2.56 bits per heavy atom. The zero-order valence-electron chi connectivity index (χ0n) is 24.2. The van der Waals surface area contributed by atoms with Gasteiger partial charge in [0.2, 0.25) is 5.91 Å². The lowest BCUT2D eigenvalue weighted by Gasteiger charge is -2.38. The summed E-state index contributed by atoms with van der Waals surface area (Å²) in [7, 11) is 0. The van der Waals surface area contributed by atoms with Crippen molar-refractivity contribution in [3.8, 4) is 11.8 Å². The lowest BCUT2D eigenvalue weighted by molar-refractivity contribution is -0.126. The summed E-state index contributed by atoms with van der Waals surface area (Å²) in [6.07, 6.45) is 11.1. The van der Waals surface area contributed by atoms with Crippen molar-refractivity contribution in [3.05, 3.63) is 72.0 Å². The van der Waals surface area contributed by atoms with E-state index in [1.165, 1.54) is 18.9 Å². The van der Waals surface area contributed by atoms with Crippen LogP contribution in [-0.2, 0) is 24.2 Å². The van der Waals surface area contributed by atoms with Gasteiger partial charge < -0.3 is 24.5 Å². The van der Waals surface area contributed by atoms with Crippen LogP contribution in [-0.4, -0.2) is 89.7 Å². The molecule has 1 amide bonds. The van der Waals surface area contributed by atoms with Crippen LogP contribution in [0.3, 0.4) is 0 Å². The second-order valence-electron chi connectivity index (χ2n) is 11.0. The second-order valence-corrected chi connectivity index (χ2v) is 11.0. The third-order valence-electron chi connectivity index (χ3n) is 8.35. The second kappa shape index (κ2) is 13.2. The summed E-state index contributed by atoms with van der Waals surface area (Å²) in [6.45, 7) is 17.2. The number of phenols is 1. The lowest BCUT2D eigenvalue weighted by Crippen LogP contribution is -2.49. The highest BCUT2D eigenvalue weighted by atomic mass is 16.5. The van der Waals surface area contributed by atoms with Crippen LogP contribution in [0.5, 0.6) is 11.8 Å². The number of phenolic OH excluding ortho intramolecular Hbond substituents is 1. The van der Waals surface area contributed by atoms with Gasteiger partial charge in [-0.25, -0.2) is 0 Å². The van der Waals surface area contributed by atoms with Gasteiger partial charge in [0.1, 0.15) is 18.2 Å². The molecule has 0 saturated carbocycles. The molecule has 3 aliphatic heterocycles. The summed E-state index contributed by atoms with van der Waals surface area (Å²) in [5.41, 5.74) is 5.36. The van der Waals surface area contributed by atoms with Crippen molar-refractivity contribution in [2.24, 2.45) is 0 Å². The van der Waals surface area contributed by atoms with E-state index in [0.29, 0.717) is 45.3 Å². The van der Waals surface area contributed by atoms with E-state index < -0.39 is 0 Å². The molecule has 1 N–H and O–H groups in total. The van der Waals surface area contributed by atoms with Crippen molar-refractivity contribution < 1.29 is 14.6 Å². The molecule has 2 fully saturated rings. The fourth-order valence-electron chi connectivity index (χ4n) is 6.03. The van der Waals surface area contributed by atoms with Crippen LogP contribution in [0.1, 0.15) is 35.2 Å². The van der Waals surface area contributed by atoms with Crippen LogP contribution in [0.2, 0.25) is 0 Å². The van der Waals surface area contributed by atoms with Gasteiger partial charge in [-0.15, -0.1) is 0 Å². The number of fused-ring (bicyclic) bond motifs is 1. The maximum Gasteiger partial charge on any atom is 0.318 e.